The van der Waals surface area contributed by atoms with Crippen molar-refractivity contribution in [3.8, 4) is 5.75 Å². The van der Waals surface area contributed by atoms with Crippen LogP contribution in [-0.2, 0) is 16.0 Å². The Morgan fingerprint density at radius 3 is 2.38 bits per heavy atom. The highest BCUT2D eigenvalue weighted by molar-refractivity contribution is 6.36. The number of aryl methyl sites for hydroxylation is 1. The molecule has 0 aliphatic heterocycles. The number of benzene rings is 2. The van der Waals surface area contributed by atoms with Gasteiger partial charge in [-0.2, -0.15) is 0 Å². The lowest BCUT2D eigenvalue weighted by Crippen LogP contribution is -2.23. The highest BCUT2D eigenvalue weighted by Gasteiger charge is 2.21. The van der Waals surface area contributed by atoms with Gasteiger partial charge in [-0.05, 0) is 66.4 Å². The van der Waals surface area contributed by atoms with Crippen molar-refractivity contribution in [2.24, 2.45) is 0 Å². The summed E-state index contributed by atoms with van der Waals surface area (Å²) < 4.78 is 27.9. The van der Waals surface area contributed by atoms with Gasteiger partial charge in [0.05, 0.1) is 5.69 Å². The molecular formula is C23H20F2N2O5. The third-order valence-corrected chi connectivity index (χ3v) is 5.06. The number of aromatic nitrogens is 1. The van der Waals surface area contributed by atoms with Crippen molar-refractivity contribution in [2.45, 2.75) is 26.4 Å². The first kappa shape index (κ1) is 22.8. The Morgan fingerprint density at radius 1 is 1.09 bits per heavy atom. The summed E-state index contributed by atoms with van der Waals surface area (Å²) in [6, 6.07) is 9.32. The Hall–Kier alpha value is -3.85. The summed E-state index contributed by atoms with van der Waals surface area (Å²) in [7, 11) is 0. The number of halogens is 2. The van der Waals surface area contributed by atoms with E-state index in [1.165, 1.54) is 49.4 Å². The van der Waals surface area contributed by atoms with Crippen LogP contribution in [-0.4, -0.2) is 32.2 Å². The molecule has 1 amide bonds. The first-order chi connectivity index (χ1) is 15.1. The van der Waals surface area contributed by atoms with Crippen LogP contribution in [0.3, 0.4) is 0 Å². The Bertz CT molecular complexity index is 1200. The third kappa shape index (κ3) is 4.73. The van der Waals surface area contributed by atoms with E-state index in [0.717, 1.165) is 0 Å². The summed E-state index contributed by atoms with van der Waals surface area (Å²) in [6.07, 6.45) is -1.16. The molecule has 1 unspecified atom stereocenters. The van der Waals surface area contributed by atoms with Crippen LogP contribution in [0.2, 0.25) is 0 Å². The van der Waals surface area contributed by atoms with Crippen molar-refractivity contribution in [1.82, 2.24) is 4.98 Å². The van der Waals surface area contributed by atoms with Crippen LogP contribution in [0.25, 0.3) is 0 Å². The minimum absolute atomic E-state index is 0.0322. The quantitative estimate of drug-likeness (QED) is 0.450. The fraction of sp³-hybridized carbons (Fsp3) is 0.174. The van der Waals surface area contributed by atoms with Gasteiger partial charge in [0, 0.05) is 12.1 Å². The number of aliphatic hydroxyl groups is 1. The van der Waals surface area contributed by atoms with Crippen molar-refractivity contribution >= 4 is 17.6 Å². The van der Waals surface area contributed by atoms with Gasteiger partial charge < -0.3 is 20.6 Å². The van der Waals surface area contributed by atoms with E-state index >= 15 is 0 Å². The second-order valence-corrected chi connectivity index (χ2v) is 7.26. The van der Waals surface area contributed by atoms with Crippen molar-refractivity contribution in [3.63, 3.8) is 0 Å². The van der Waals surface area contributed by atoms with E-state index in [2.05, 4.69) is 4.98 Å². The van der Waals surface area contributed by atoms with Gasteiger partial charge in [0.1, 0.15) is 29.2 Å². The van der Waals surface area contributed by atoms with Gasteiger partial charge in [-0.25, -0.2) is 13.6 Å². The highest BCUT2D eigenvalue weighted by atomic mass is 19.1. The van der Waals surface area contributed by atoms with Crippen LogP contribution < -0.4 is 5.32 Å². The number of rotatable bonds is 5. The Labute approximate surface area is 182 Å². The summed E-state index contributed by atoms with van der Waals surface area (Å²) in [6.45, 7) is 3.16. The largest absolute Gasteiger partial charge is 0.506 e. The first-order valence-electron chi connectivity index (χ1n) is 9.53. The average molecular weight is 442 g/mol. The molecule has 0 spiro atoms. The molecule has 7 nitrogen and oxygen atoms in total. The Kier molecular flexibility index (Phi) is 6.50. The number of carbonyl (C=O) groups excluding carboxylic acids is 1. The maximum Gasteiger partial charge on any atom is 0.394 e. The second-order valence-electron chi connectivity index (χ2n) is 7.26. The molecule has 3 aromatic rings. The summed E-state index contributed by atoms with van der Waals surface area (Å²) >= 11 is 0. The minimum Gasteiger partial charge on any atom is -0.506 e. The number of carboxylic acid groups (broad SMARTS) is 1. The molecule has 0 saturated carbocycles. The van der Waals surface area contributed by atoms with Gasteiger partial charge in [0.25, 0.3) is 0 Å². The van der Waals surface area contributed by atoms with Crippen LogP contribution in [0.4, 0.5) is 14.5 Å². The van der Waals surface area contributed by atoms with Crippen LogP contribution in [0.1, 0.15) is 39.7 Å². The smallest absolute Gasteiger partial charge is 0.394 e. The third-order valence-electron chi connectivity index (χ3n) is 5.06. The normalized spacial score (nSPS) is 11.8. The summed E-state index contributed by atoms with van der Waals surface area (Å²) in [5.41, 5.74) is 1.81. The fourth-order valence-electron chi connectivity index (χ4n) is 3.33. The predicted octanol–water partition coefficient (Wildman–Crippen LogP) is 3.38. The number of carbonyl (C=O) groups is 2. The van der Waals surface area contributed by atoms with E-state index in [4.69, 9.17) is 5.11 Å². The van der Waals surface area contributed by atoms with E-state index in [0.29, 0.717) is 22.4 Å². The van der Waals surface area contributed by atoms with Gasteiger partial charge in [0.2, 0.25) is 0 Å². The number of nitrogens with zero attached hydrogens (tertiary/aromatic N) is 1. The number of carboxylic acids is 1. The van der Waals surface area contributed by atoms with Crippen molar-refractivity contribution in [1.29, 1.82) is 0 Å². The van der Waals surface area contributed by atoms with Crippen LogP contribution >= 0.6 is 0 Å². The maximum absolute atomic E-state index is 14.8. The molecule has 1 atom stereocenters. The molecule has 0 fully saturated rings. The molecule has 2 aromatic carbocycles. The van der Waals surface area contributed by atoms with E-state index in [1.54, 1.807) is 6.92 Å². The standard InChI is InChI=1S/C23H20F2N2O5/c1-11-9-17(27-22(30)23(31)32)19(25)12(2)16(11)10-15-7-8-18(28)20(26-15)21(29)13-3-5-14(24)6-4-13/h3-9,21,28-29H,10H2,1-2H3,(H,27,30)(H,31,32). The number of anilines is 1. The number of amides is 1. The van der Waals surface area contributed by atoms with Crippen molar-refractivity contribution < 1.29 is 33.7 Å². The van der Waals surface area contributed by atoms with E-state index in [1.807, 2.05) is 5.32 Å². The van der Waals surface area contributed by atoms with Gasteiger partial charge in [-0.1, -0.05) is 12.1 Å². The van der Waals surface area contributed by atoms with Gasteiger partial charge >= 0.3 is 11.9 Å². The minimum atomic E-state index is -1.73. The predicted molar refractivity (Wildman–Crippen MR) is 111 cm³/mol. The number of hydrogen-bond acceptors (Lipinski definition) is 5. The lowest BCUT2D eigenvalue weighted by Gasteiger charge is -2.16. The monoisotopic (exact) mass is 442 g/mol. The molecule has 0 aliphatic carbocycles. The van der Waals surface area contributed by atoms with E-state index in [9.17, 15) is 28.6 Å². The lowest BCUT2D eigenvalue weighted by atomic mass is 9.96. The molecule has 166 valence electrons. The van der Waals surface area contributed by atoms with Gasteiger partial charge in [-0.3, -0.25) is 9.78 Å². The zero-order chi connectivity index (χ0) is 23.6. The summed E-state index contributed by atoms with van der Waals surface area (Å²) in [5.74, 6) is -4.58. The summed E-state index contributed by atoms with van der Waals surface area (Å²) in [4.78, 5) is 26.4. The number of nitrogens with one attached hydrogen (secondary N) is 1. The molecule has 3 rings (SSSR count). The second kappa shape index (κ2) is 9.11. The molecule has 4 N–H and O–H groups in total. The van der Waals surface area contributed by atoms with E-state index in [-0.39, 0.29) is 29.1 Å². The molecule has 0 saturated heterocycles. The molecule has 1 aromatic heterocycles. The van der Waals surface area contributed by atoms with Gasteiger partial charge in [0.15, 0.2) is 0 Å². The zero-order valence-electron chi connectivity index (χ0n) is 17.2. The van der Waals surface area contributed by atoms with Crippen LogP contribution in [0.15, 0.2) is 42.5 Å². The summed E-state index contributed by atoms with van der Waals surface area (Å²) in [5, 5.41) is 31.5. The first-order valence-corrected chi connectivity index (χ1v) is 9.53. The topological polar surface area (TPSA) is 120 Å². The highest BCUT2D eigenvalue weighted by Crippen LogP contribution is 2.30. The lowest BCUT2D eigenvalue weighted by molar-refractivity contribution is -0.147. The molecule has 0 radical (unpaired) electrons. The van der Waals surface area contributed by atoms with Crippen LogP contribution in [0.5, 0.6) is 5.75 Å². The number of aliphatic carboxylic acids is 1. The molecule has 0 bridgehead atoms. The Balaban J connectivity index is 1.93. The SMILES string of the molecule is Cc1cc(NC(=O)C(=O)O)c(F)c(C)c1Cc1ccc(O)c(C(O)c2ccc(F)cc2)n1. The van der Waals surface area contributed by atoms with Crippen molar-refractivity contribution in [3.05, 3.63) is 87.7 Å². The van der Waals surface area contributed by atoms with Crippen molar-refractivity contribution in [2.75, 3.05) is 5.32 Å². The molecular weight excluding hydrogens is 422 g/mol. The Morgan fingerprint density at radius 2 is 1.75 bits per heavy atom. The van der Waals surface area contributed by atoms with Gasteiger partial charge in [-0.15, -0.1) is 0 Å². The average Bonchev–Trinajstić information content (AvgIpc) is 2.76. The zero-order valence-corrected chi connectivity index (χ0v) is 17.2. The van der Waals surface area contributed by atoms with E-state index < -0.39 is 29.6 Å². The molecule has 9 heteroatoms. The van der Waals surface area contributed by atoms with Crippen LogP contribution in [0, 0.1) is 25.5 Å². The fourth-order valence-corrected chi connectivity index (χ4v) is 3.33. The number of aliphatic hydroxyl groups excluding tert-OH is 1. The number of hydrogen-bond donors (Lipinski definition) is 4. The maximum atomic E-state index is 14.8. The number of aromatic hydroxyl groups is 1. The number of pyridine rings is 1. The molecule has 1 heterocycles. The molecule has 0 aliphatic rings. The molecule has 32 heavy (non-hydrogen) atoms.